The third-order valence-electron chi connectivity index (χ3n) is 5.34. The van der Waals surface area contributed by atoms with Gasteiger partial charge in [-0.2, -0.15) is 0 Å². The summed E-state index contributed by atoms with van der Waals surface area (Å²) < 4.78 is 42.3. The number of nitrogens with zero attached hydrogens (tertiary/aromatic N) is 2. The summed E-state index contributed by atoms with van der Waals surface area (Å²) in [6.07, 6.45) is 0.740. The summed E-state index contributed by atoms with van der Waals surface area (Å²) in [5, 5.41) is 0. The topological polar surface area (TPSA) is 114 Å². The molecule has 32 heavy (non-hydrogen) atoms. The Morgan fingerprint density at radius 1 is 1.25 bits per heavy atom. The average Bonchev–Trinajstić information content (AvgIpc) is 2.71. The number of amides is 2. The second-order valence-electron chi connectivity index (χ2n) is 8.16. The summed E-state index contributed by atoms with van der Waals surface area (Å²) in [5.74, 6) is -0.289. The zero-order valence-corrected chi connectivity index (χ0v) is 20.3. The number of carbonyl (C=O) groups is 2. The molecule has 3 atom stereocenters. The minimum absolute atomic E-state index is 0.0567. The van der Waals surface area contributed by atoms with Crippen molar-refractivity contribution in [2.45, 2.75) is 26.0 Å². The molecule has 1 N–H and O–H groups in total. The van der Waals surface area contributed by atoms with Crippen molar-refractivity contribution in [3.63, 3.8) is 0 Å². The molecule has 0 fully saturated rings. The van der Waals surface area contributed by atoms with Crippen molar-refractivity contribution in [1.29, 1.82) is 0 Å². The second-order valence-corrected chi connectivity index (χ2v) is 9.91. The van der Waals surface area contributed by atoms with Crippen LogP contribution in [0, 0.1) is 5.92 Å². The van der Waals surface area contributed by atoms with Gasteiger partial charge < -0.3 is 24.0 Å². The number of hydrogen-bond acceptors (Lipinski definition) is 7. The average molecular weight is 472 g/mol. The molecule has 180 valence electrons. The van der Waals surface area contributed by atoms with E-state index in [1.807, 2.05) is 13.8 Å². The Balaban J connectivity index is 2.47. The van der Waals surface area contributed by atoms with E-state index in [-0.39, 0.29) is 60.1 Å². The van der Waals surface area contributed by atoms with Crippen LogP contribution in [0.4, 0.5) is 5.69 Å². The second kappa shape index (κ2) is 11.0. The van der Waals surface area contributed by atoms with Gasteiger partial charge in [0, 0.05) is 46.3 Å². The summed E-state index contributed by atoms with van der Waals surface area (Å²) >= 11 is 0. The molecule has 2 amide bonds. The number of ether oxygens (including phenoxy) is 3. The predicted molar refractivity (Wildman–Crippen MR) is 120 cm³/mol. The van der Waals surface area contributed by atoms with Gasteiger partial charge in [0.25, 0.3) is 5.91 Å². The maximum atomic E-state index is 13.1. The standard InChI is InChI=1S/C21H33N3O7S/c1-14-10-24(20(25)13-29-4)15(2)12-31-18-9-16(22-32(6,27)28)7-8-17(18)21(26)23(3)11-19(14)30-5/h7-9,14-15,19,22H,10-13H2,1-6H3/t14-,15-,19-/m1/s1. The van der Waals surface area contributed by atoms with Gasteiger partial charge in [-0.25, -0.2) is 8.42 Å². The highest BCUT2D eigenvalue weighted by molar-refractivity contribution is 7.92. The minimum atomic E-state index is -3.51. The van der Waals surface area contributed by atoms with E-state index in [0.717, 1.165) is 6.26 Å². The first-order chi connectivity index (χ1) is 15.0. The van der Waals surface area contributed by atoms with E-state index in [1.165, 1.54) is 30.2 Å². The third kappa shape index (κ3) is 6.81. The van der Waals surface area contributed by atoms with Crippen LogP contribution in [0.2, 0.25) is 0 Å². The molecule has 10 nitrogen and oxygen atoms in total. The van der Waals surface area contributed by atoms with E-state index in [0.29, 0.717) is 13.1 Å². The van der Waals surface area contributed by atoms with Gasteiger partial charge in [-0.05, 0) is 19.1 Å². The smallest absolute Gasteiger partial charge is 0.257 e. The molecular formula is C21H33N3O7S. The number of fused-ring (bicyclic) bond motifs is 1. The molecule has 0 saturated heterocycles. The number of carbonyl (C=O) groups excluding carboxylic acids is 2. The SMILES string of the molecule is COCC(=O)N1C[C@@H](C)[C@H](OC)CN(C)C(=O)c2ccc(NS(C)(=O)=O)cc2OC[C@H]1C. The molecule has 11 heteroatoms. The molecule has 0 aromatic heterocycles. The van der Waals surface area contributed by atoms with Crippen LogP contribution in [0.15, 0.2) is 18.2 Å². The minimum Gasteiger partial charge on any atom is -0.491 e. The Hall–Kier alpha value is -2.37. The molecule has 1 aliphatic rings. The highest BCUT2D eigenvalue weighted by Gasteiger charge is 2.30. The van der Waals surface area contributed by atoms with Crippen molar-refractivity contribution in [1.82, 2.24) is 9.80 Å². The number of methoxy groups -OCH3 is 2. The van der Waals surface area contributed by atoms with Crippen LogP contribution in [-0.2, 0) is 24.3 Å². The Morgan fingerprint density at radius 3 is 2.53 bits per heavy atom. The fraction of sp³-hybridized carbons (Fsp3) is 0.619. The summed E-state index contributed by atoms with van der Waals surface area (Å²) in [4.78, 5) is 29.0. The van der Waals surface area contributed by atoms with E-state index >= 15 is 0 Å². The lowest BCUT2D eigenvalue weighted by Crippen LogP contribution is -2.49. The highest BCUT2D eigenvalue weighted by atomic mass is 32.2. The zero-order chi connectivity index (χ0) is 24.1. The number of rotatable bonds is 5. The van der Waals surface area contributed by atoms with Crippen LogP contribution in [-0.4, -0.2) is 96.0 Å². The van der Waals surface area contributed by atoms with Crippen molar-refractivity contribution < 1.29 is 32.2 Å². The molecule has 0 radical (unpaired) electrons. The van der Waals surface area contributed by atoms with Crippen molar-refractivity contribution >= 4 is 27.5 Å². The Bertz CT molecular complexity index is 922. The van der Waals surface area contributed by atoms with Crippen molar-refractivity contribution in [3.8, 4) is 5.75 Å². The van der Waals surface area contributed by atoms with Crippen LogP contribution in [0.3, 0.4) is 0 Å². The summed E-state index contributed by atoms with van der Waals surface area (Å²) in [7, 11) is 1.20. The molecule has 0 spiro atoms. The van der Waals surface area contributed by atoms with Crippen molar-refractivity contribution in [2.75, 3.05) is 58.5 Å². The molecule has 0 unspecified atom stereocenters. The maximum absolute atomic E-state index is 13.1. The summed E-state index contributed by atoms with van der Waals surface area (Å²) in [5.41, 5.74) is 0.564. The van der Waals surface area contributed by atoms with Crippen LogP contribution in [0.1, 0.15) is 24.2 Å². The van der Waals surface area contributed by atoms with Crippen molar-refractivity contribution in [3.05, 3.63) is 23.8 Å². The molecule has 1 aromatic carbocycles. The van der Waals surface area contributed by atoms with Gasteiger partial charge in [0.1, 0.15) is 19.0 Å². The fourth-order valence-electron chi connectivity index (χ4n) is 3.60. The van der Waals surface area contributed by atoms with Crippen molar-refractivity contribution in [2.24, 2.45) is 5.92 Å². The van der Waals surface area contributed by atoms with E-state index in [2.05, 4.69) is 4.72 Å². The number of anilines is 1. The molecule has 0 saturated carbocycles. The van der Waals surface area contributed by atoms with Crippen LogP contribution in [0.25, 0.3) is 0 Å². The number of hydrogen-bond donors (Lipinski definition) is 1. The lowest BCUT2D eigenvalue weighted by molar-refractivity contribution is -0.139. The highest BCUT2D eigenvalue weighted by Crippen LogP contribution is 2.27. The molecule has 1 aliphatic heterocycles. The third-order valence-corrected chi connectivity index (χ3v) is 5.94. The van der Waals surface area contributed by atoms with E-state index in [9.17, 15) is 18.0 Å². The van der Waals surface area contributed by atoms with E-state index < -0.39 is 10.0 Å². The first-order valence-corrected chi connectivity index (χ1v) is 12.2. The van der Waals surface area contributed by atoms with Gasteiger partial charge in [0.15, 0.2) is 0 Å². The monoisotopic (exact) mass is 471 g/mol. The molecular weight excluding hydrogens is 438 g/mol. The molecule has 0 bridgehead atoms. The largest absolute Gasteiger partial charge is 0.491 e. The number of sulfonamides is 1. The van der Waals surface area contributed by atoms with Gasteiger partial charge in [0.05, 0.1) is 29.7 Å². The van der Waals surface area contributed by atoms with Crippen LogP contribution < -0.4 is 9.46 Å². The van der Waals surface area contributed by atoms with E-state index in [4.69, 9.17) is 14.2 Å². The normalized spacial score (nSPS) is 22.9. The number of likely N-dealkylation sites (N-methyl/N-ethyl adjacent to an activating group) is 1. The Kier molecular flexibility index (Phi) is 8.88. The summed E-state index contributed by atoms with van der Waals surface area (Å²) in [6, 6.07) is 4.18. The number of nitrogens with one attached hydrogen (secondary N) is 1. The Morgan fingerprint density at radius 2 is 1.94 bits per heavy atom. The maximum Gasteiger partial charge on any atom is 0.257 e. The summed E-state index contributed by atoms with van der Waals surface area (Å²) in [6.45, 7) is 4.56. The van der Waals surface area contributed by atoms with Gasteiger partial charge in [-0.3, -0.25) is 14.3 Å². The Labute approximate surface area is 189 Å². The van der Waals surface area contributed by atoms with Crippen LogP contribution >= 0.6 is 0 Å². The molecule has 0 aliphatic carbocycles. The molecule has 2 rings (SSSR count). The first-order valence-electron chi connectivity index (χ1n) is 10.3. The predicted octanol–water partition coefficient (Wildman–Crippen LogP) is 1.04. The molecule has 1 aromatic rings. The quantitative estimate of drug-likeness (QED) is 0.682. The lowest BCUT2D eigenvalue weighted by Gasteiger charge is -2.36. The van der Waals surface area contributed by atoms with Gasteiger partial charge in [0.2, 0.25) is 15.9 Å². The van der Waals surface area contributed by atoms with E-state index in [1.54, 1.807) is 19.1 Å². The first kappa shape index (κ1) is 25.9. The van der Waals surface area contributed by atoms with Gasteiger partial charge in [-0.15, -0.1) is 0 Å². The van der Waals surface area contributed by atoms with Gasteiger partial charge >= 0.3 is 0 Å². The number of benzene rings is 1. The molecule has 1 heterocycles. The van der Waals surface area contributed by atoms with Crippen LogP contribution in [0.5, 0.6) is 5.75 Å². The lowest BCUT2D eigenvalue weighted by atomic mass is 10.0. The zero-order valence-electron chi connectivity index (χ0n) is 19.5. The fourth-order valence-corrected chi connectivity index (χ4v) is 4.16. The van der Waals surface area contributed by atoms with Gasteiger partial charge in [-0.1, -0.05) is 6.92 Å².